The summed E-state index contributed by atoms with van der Waals surface area (Å²) in [6.45, 7) is 1.56. The zero-order valence-electron chi connectivity index (χ0n) is 7.90. The summed E-state index contributed by atoms with van der Waals surface area (Å²) in [7, 11) is 0. The molecule has 0 radical (unpaired) electrons. The third-order valence-corrected chi connectivity index (χ3v) is 2.62. The van der Waals surface area contributed by atoms with Gasteiger partial charge in [-0.3, -0.25) is 0 Å². The first-order valence-corrected chi connectivity index (χ1v) is 5.09. The van der Waals surface area contributed by atoms with Crippen molar-refractivity contribution < 1.29 is 9.15 Å². The van der Waals surface area contributed by atoms with Crippen molar-refractivity contribution in [2.45, 2.75) is 31.2 Å². The largest absolute Gasteiger partial charge is 0.408 e. The van der Waals surface area contributed by atoms with Crippen LogP contribution in [0.4, 0.5) is 6.01 Å². The van der Waals surface area contributed by atoms with Gasteiger partial charge in [-0.15, -0.1) is 5.10 Å². The van der Waals surface area contributed by atoms with E-state index in [2.05, 4.69) is 15.5 Å². The average Bonchev–Trinajstić information content (AvgIpc) is 2.75. The summed E-state index contributed by atoms with van der Waals surface area (Å²) in [6.07, 6.45) is 3.39. The molecule has 1 unspecified atom stereocenters. The highest BCUT2D eigenvalue weighted by atomic mass is 16.5. The van der Waals surface area contributed by atoms with E-state index in [1.165, 1.54) is 12.8 Å². The number of hydrogen-bond acceptors (Lipinski definition) is 5. The fraction of sp³-hybridized carbons (Fsp3) is 0.778. The number of ether oxygens (including phenoxy) is 1. The molecule has 2 fully saturated rings. The highest BCUT2D eigenvalue weighted by molar-refractivity contribution is 5.21. The maximum Gasteiger partial charge on any atom is 0.315 e. The van der Waals surface area contributed by atoms with Gasteiger partial charge in [0.2, 0.25) is 5.89 Å². The van der Waals surface area contributed by atoms with Gasteiger partial charge in [0.25, 0.3) is 0 Å². The lowest BCUT2D eigenvalue weighted by atomic mass is 10.3. The predicted octanol–water partition coefficient (Wildman–Crippen LogP) is 1.15. The van der Waals surface area contributed by atoms with E-state index in [1.54, 1.807) is 0 Å². The topological polar surface area (TPSA) is 60.2 Å². The van der Waals surface area contributed by atoms with Crippen molar-refractivity contribution in [3.05, 3.63) is 5.89 Å². The minimum Gasteiger partial charge on any atom is -0.408 e. The van der Waals surface area contributed by atoms with Crippen LogP contribution in [0.5, 0.6) is 0 Å². The van der Waals surface area contributed by atoms with E-state index < -0.39 is 0 Å². The maximum absolute atomic E-state index is 5.48. The first-order chi connectivity index (χ1) is 6.92. The number of hydrogen-bond donors (Lipinski definition) is 1. The molecule has 1 saturated carbocycles. The zero-order valence-corrected chi connectivity index (χ0v) is 7.90. The molecule has 2 aliphatic rings. The van der Waals surface area contributed by atoms with Crippen LogP contribution in [-0.2, 0) is 4.74 Å². The van der Waals surface area contributed by atoms with Crippen LogP contribution in [0.25, 0.3) is 0 Å². The molecule has 1 aliphatic carbocycles. The van der Waals surface area contributed by atoms with Crippen LogP contribution in [0.15, 0.2) is 4.42 Å². The third kappa shape index (κ3) is 1.59. The van der Waals surface area contributed by atoms with Crippen molar-refractivity contribution in [1.29, 1.82) is 0 Å². The van der Waals surface area contributed by atoms with Gasteiger partial charge in [0.15, 0.2) is 0 Å². The summed E-state index contributed by atoms with van der Waals surface area (Å²) in [6, 6.07) is 0.880. The molecule has 5 heteroatoms. The highest BCUT2D eigenvalue weighted by Gasteiger charge is 2.29. The molecule has 76 valence electrons. The summed E-state index contributed by atoms with van der Waals surface area (Å²) >= 11 is 0. The van der Waals surface area contributed by atoms with E-state index in [4.69, 9.17) is 9.15 Å². The molecule has 0 spiro atoms. The van der Waals surface area contributed by atoms with Gasteiger partial charge in [-0.1, -0.05) is 5.10 Å². The Hall–Kier alpha value is -1.10. The lowest BCUT2D eigenvalue weighted by Crippen LogP contribution is -2.18. The summed E-state index contributed by atoms with van der Waals surface area (Å²) in [5.41, 5.74) is 0. The SMILES string of the molecule is C1CC(Nc2nnc(C3CC3)o2)CO1. The van der Waals surface area contributed by atoms with Crippen LogP contribution < -0.4 is 5.32 Å². The standard InChI is InChI=1S/C9H13N3O2/c1-2-6(1)8-11-12-9(14-8)10-7-3-4-13-5-7/h6-7H,1-5H2,(H,10,12). The molecule has 2 heterocycles. The lowest BCUT2D eigenvalue weighted by molar-refractivity contribution is 0.195. The summed E-state index contributed by atoms with van der Waals surface area (Å²) in [4.78, 5) is 0. The number of aromatic nitrogens is 2. The highest BCUT2D eigenvalue weighted by Crippen LogP contribution is 2.39. The maximum atomic E-state index is 5.48. The zero-order chi connectivity index (χ0) is 9.38. The molecule has 3 rings (SSSR count). The minimum atomic E-state index is 0.336. The molecule has 1 atom stereocenters. The molecule has 1 aromatic heterocycles. The van der Waals surface area contributed by atoms with Gasteiger partial charge in [-0.2, -0.15) is 0 Å². The van der Waals surface area contributed by atoms with E-state index in [0.717, 1.165) is 25.5 Å². The molecule has 0 bridgehead atoms. The van der Waals surface area contributed by atoms with Crippen molar-refractivity contribution >= 4 is 6.01 Å². The molecule has 0 aromatic carbocycles. The molecule has 5 nitrogen and oxygen atoms in total. The number of anilines is 1. The molecule has 14 heavy (non-hydrogen) atoms. The molecule has 1 N–H and O–H groups in total. The second kappa shape index (κ2) is 3.24. The Morgan fingerprint density at radius 2 is 2.14 bits per heavy atom. The van der Waals surface area contributed by atoms with Crippen molar-refractivity contribution in [2.75, 3.05) is 18.5 Å². The Bertz CT molecular complexity index is 316. The Morgan fingerprint density at radius 1 is 1.21 bits per heavy atom. The van der Waals surface area contributed by atoms with Crippen molar-refractivity contribution in [2.24, 2.45) is 0 Å². The summed E-state index contributed by atoms with van der Waals surface area (Å²) < 4.78 is 10.7. The van der Waals surface area contributed by atoms with E-state index >= 15 is 0 Å². The fourth-order valence-electron chi connectivity index (χ4n) is 1.61. The second-order valence-corrected chi connectivity index (χ2v) is 3.92. The smallest absolute Gasteiger partial charge is 0.315 e. The minimum absolute atomic E-state index is 0.336. The van der Waals surface area contributed by atoms with Gasteiger partial charge in [-0.05, 0) is 19.3 Å². The van der Waals surface area contributed by atoms with E-state index in [-0.39, 0.29) is 0 Å². The third-order valence-electron chi connectivity index (χ3n) is 2.62. The van der Waals surface area contributed by atoms with Crippen LogP contribution in [0, 0.1) is 0 Å². The summed E-state index contributed by atoms with van der Waals surface area (Å²) in [5, 5.41) is 11.1. The second-order valence-electron chi connectivity index (χ2n) is 3.92. The van der Waals surface area contributed by atoms with Crippen LogP contribution in [0.3, 0.4) is 0 Å². The first-order valence-electron chi connectivity index (χ1n) is 5.09. The van der Waals surface area contributed by atoms with Gasteiger partial charge in [-0.25, -0.2) is 0 Å². The van der Waals surface area contributed by atoms with E-state index in [1.807, 2.05) is 0 Å². The predicted molar refractivity (Wildman–Crippen MR) is 49.1 cm³/mol. The first kappa shape index (κ1) is 8.23. The molecule has 1 aromatic rings. The van der Waals surface area contributed by atoms with Crippen molar-refractivity contribution in [3.8, 4) is 0 Å². The van der Waals surface area contributed by atoms with Crippen LogP contribution in [0.2, 0.25) is 0 Å². The number of rotatable bonds is 3. The van der Waals surface area contributed by atoms with Crippen LogP contribution in [0.1, 0.15) is 31.1 Å². The fourth-order valence-corrected chi connectivity index (χ4v) is 1.61. The lowest BCUT2D eigenvalue weighted by Gasteiger charge is -2.05. The Morgan fingerprint density at radius 3 is 2.86 bits per heavy atom. The Balaban J connectivity index is 1.64. The molecule has 1 saturated heterocycles. The molecular weight excluding hydrogens is 182 g/mol. The van der Waals surface area contributed by atoms with E-state index in [0.29, 0.717) is 18.0 Å². The monoisotopic (exact) mass is 195 g/mol. The van der Waals surface area contributed by atoms with Gasteiger partial charge >= 0.3 is 6.01 Å². The quantitative estimate of drug-likeness (QED) is 0.783. The van der Waals surface area contributed by atoms with Gasteiger partial charge in [0.05, 0.1) is 12.6 Å². The normalized spacial score (nSPS) is 26.7. The van der Waals surface area contributed by atoms with Gasteiger partial charge in [0.1, 0.15) is 0 Å². The molecule has 0 amide bonds. The Kier molecular flexibility index (Phi) is 1.90. The van der Waals surface area contributed by atoms with Crippen molar-refractivity contribution in [3.63, 3.8) is 0 Å². The van der Waals surface area contributed by atoms with Gasteiger partial charge in [0, 0.05) is 12.5 Å². The Labute approximate surface area is 81.8 Å². The number of nitrogens with zero attached hydrogens (tertiary/aromatic N) is 2. The van der Waals surface area contributed by atoms with Crippen LogP contribution >= 0.6 is 0 Å². The van der Waals surface area contributed by atoms with E-state index in [9.17, 15) is 0 Å². The van der Waals surface area contributed by atoms with Crippen LogP contribution in [-0.4, -0.2) is 29.5 Å². The van der Waals surface area contributed by atoms with Crippen molar-refractivity contribution in [1.82, 2.24) is 10.2 Å². The van der Waals surface area contributed by atoms with Gasteiger partial charge < -0.3 is 14.5 Å². The molecule has 1 aliphatic heterocycles. The molecular formula is C9H13N3O2. The summed E-state index contributed by atoms with van der Waals surface area (Å²) in [5.74, 6) is 1.31. The average molecular weight is 195 g/mol. The number of nitrogens with one attached hydrogen (secondary N) is 1.